The number of carboxylic acid groups (broad SMARTS) is 1. The Kier molecular flexibility index (Phi) is 9.29. The maximum Gasteiger partial charge on any atom is 0.408 e. The number of rotatable bonds is 8. The highest BCUT2D eigenvalue weighted by atomic mass is 16.6. The molecule has 0 aromatic rings. The van der Waals surface area contributed by atoms with E-state index in [2.05, 4.69) is 10.6 Å². The van der Waals surface area contributed by atoms with Crippen LogP contribution in [0.5, 0.6) is 0 Å². The molecule has 27 heavy (non-hydrogen) atoms. The molecule has 0 spiro atoms. The lowest BCUT2D eigenvalue weighted by Crippen LogP contribution is -2.53. The van der Waals surface area contributed by atoms with Crippen molar-refractivity contribution in [1.29, 1.82) is 0 Å². The smallest absolute Gasteiger partial charge is 0.408 e. The van der Waals surface area contributed by atoms with Crippen LogP contribution in [0, 0.1) is 17.3 Å². The van der Waals surface area contributed by atoms with Crippen LogP contribution in [0.3, 0.4) is 0 Å². The van der Waals surface area contributed by atoms with Gasteiger partial charge in [-0.1, -0.05) is 34.6 Å². The molecule has 0 heterocycles. The quantitative estimate of drug-likeness (QED) is 0.591. The summed E-state index contributed by atoms with van der Waals surface area (Å²) in [6.07, 6.45) is -0.0433. The van der Waals surface area contributed by atoms with Crippen molar-refractivity contribution in [2.75, 3.05) is 0 Å². The van der Waals surface area contributed by atoms with Crippen LogP contribution in [-0.2, 0) is 14.3 Å². The average molecular weight is 387 g/mol. The van der Waals surface area contributed by atoms with Crippen LogP contribution in [0.2, 0.25) is 0 Å². The third-order valence-corrected chi connectivity index (χ3v) is 4.17. The average Bonchev–Trinajstić information content (AvgIpc) is 2.39. The highest BCUT2D eigenvalue weighted by Gasteiger charge is 2.36. The second kappa shape index (κ2) is 9.95. The van der Waals surface area contributed by atoms with Gasteiger partial charge in [0, 0.05) is 6.04 Å². The van der Waals surface area contributed by atoms with E-state index < -0.39 is 23.7 Å². The van der Waals surface area contributed by atoms with Crippen LogP contribution in [0.4, 0.5) is 4.79 Å². The Bertz CT molecular complexity index is 517. The van der Waals surface area contributed by atoms with Gasteiger partial charge in [-0.3, -0.25) is 9.59 Å². The molecule has 0 rings (SSSR count). The molecular formula is C20H38N2O5. The van der Waals surface area contributed by atoms with Crippen molar-refractivity contribution in [2.45, 2.75) is 92.8 Å². The summed E-state index contributed by atoms with van der Waals surface area (Å²) in [6.45, 7) is 16.8. The Morgan fingerprint density at radius 1 is 0.963 bits per heavy atom. The number of carboxylic acids is 1. The van der Waals surface area contributed by atoms with Crippen molar-refractivity contribution in [3.05, 3.63) is 0 Å². The molecule has 0 aliphatic rings. The Balaban J connectivity index is 5.23. The van der Waals surface area contributed by atoms with Crippen LogP contribution < -0.4 is 10.6 Å². The summed E-state index contributed by atoms with van der Waals surface area (Å²) < 4.78 is 5.17. The molecule has 158 valence electrons. The molecule has 0 saturated heterocycles. The number of ether oxygens (including phenoxy) is 1. The number of aliphatic carboxylic acids is 1. The maximum absolute atomic E-state index is 12.6. The lowest BCUT2D eigenvalue weighted by molar-refractivity contribution is -0.140. The summed E-state index contributed by atoms with van der Waals surface area (Å²) in [5.41, 5.74) is -0.952. The van der Waals surface area contributed by atoms with Crippen molar-refractivity contribution in [3.8, 4) is 0 Å². The number of alkyl carbamates (subject to hydrolysis) is 1. The van der Waals surface area contributed by atoms with Gasteiger partial charge >= 0.3 is 12.1 Å². The van der Waals surface area contributed by atoms with Crippen molar-refractivity contribution in [1.82, 2.24) is 10.6 Å². The summed E-state index contributed by atoms with van der Waals surface area (Å²) in [6, 6.07) is -1.10. The van der Waals surface area contributed by atoms with Gasteiger partial charge in [0.05, 0.1) is 6.42 Å². The van der Waals surface area contributed by atoms with Gasteiger partial charge in [0.1, 0.15) is 11.6 Å². The predicted octanol–water partition coefficient (Wildman–Crippen LogP) is 3.57. The van der Waals surface area contributed by atoms with E-state index >= 15 is 0 Å². The first kappa shape index (κ1) is 25.2. The van der Waals surface area contributed by atoms with Gasteiger partial charge in [0.2, 0.25) is 5.91 Å². The molecule has 0 saturated carbocycles. The third-order valence-electron chi connectivity index (χ3n) is 4.17. The highest BCUT2D eigenvalue weighted by Crippen LogP contribution is 2.34. The molecule has 0 unspecified atom stereocenters. The van der Waals surface area contributed by atoms with Crippen LogP contribution in [0.15, 0.2) is 0 Å². The minimum Gasteiger partial charge on any atom is -0.481 e. The summed E-state index contributed by atoms with van der Waals surface area (Å²) in [5.74, 6) is -1.21. The molecule has 0 radical (unpaired) electrons. The highest BCUT2D eigenvalue weighted by molar-refractivity contribution is 5.85. The summed E-state index contributed by atoms with van der Waals surface area (Å²) >= 11 is 0. The first-order valence-corrected chi connectivity index (χ1v) is 9.54. The number of carbonyl (C=O) groups excluding carboxylic acids is 2. The van der Waals surface area contributed by atoms with Gasteiger partial charge in [-0.05, 0) is 51.4 Å². The van der Waals surface area contributed by atoms with Gasteiger partial charge < -0.3 is 20.5 Å². The van der Waals surface area contributed by atoms with Gasteiger partial charge in [0.15, 0.2) is 0 Å². The Morgan fingerprint density at radius 2 is 1.48 bits per heavy atom. The van der Waals surface area contributed by atoms with Crippen LogP contribution >= 0.6 is 0 Å². The van der Waals surface area contributed by atoms with Crippen molar-refractivity contribution >= 4 is 18.0 Å². The molecule has 3 atom stereocenters. The van der Waals surface area contributed by atoms with Gasteiger partial charge in [-0.25, -0.2) is 4.79 Å². The molecule has 0 bridgehead atoms. The van der Waals surface area contributed by atoms with E-state index in [1.807, 2.05) is 34.6 Å². The van der Waals surface area contributed by atoms with E-state index in [0.29, 0.717) is 6.42 Å². The fraction of sp³-hybridized carbons (Fsp3) is 0.850. The SMILES string of the molecule is CC(C)C[C@H](NC(=O)[C@@H](C)NC(=O)OC(C)(C)C)[C@H](CC(=O)O)C(C)(C)C. The Labute approximate surface area is 163 Å². The van der Waals surface area contributed by atoms with Crippen molar-refractivity contribution < 1.29 is 24.2 Å². The minimum absolute atomic E-state index is 0.0327. The topological polar surface area (TPSA) is 105 Å². The molecule has 0 aliphatic heterocycles. The second-order valence-electron chi connectivity index (χ2n) is 9.68. The predicted molar refractivity (Wildman–Crippen MR) is 105 cm³/mol. The normalized spacial score (nSPS) is 15.6. The first-order valence-electron chi connectivity index (χ1n) is 9.54. The maximum atomic E-state index is 12.6. The Hall–Kier alpha value is -1.79. The lowest BCUT2D eigenvalue weighted by Gasteiger charge is -2.38. The van der Waals surface area contributed by atoms with Crippen molar-refractivity contribution in [2.24, 2.45) is 17.3 Å². The summed E-state index contributed by atoms with van der Waals surface area (Å²) in [4.78, 5) is 35.9. The fourth-order valence-electron chi connectivity index (χ4n) is 2.93. The molecule has 7 heteroatoms. The zero-order chi connectivity index (χ0) is 21.6. The number of carbonyl (C=O) groups is 3. The molecular weight excluding hydrogens is 348 g/mol. The zero-order valence-electron chi connectivity index (χ0n) is 18.3. The molecule has 0 fully saturated rings. The van der Waals surface area contributed by atoms with E-state index in [-0.39, 0.29) is 35.6 Å². The van der Waals surface area contributed by atoms with Crippen molar-refractivity contribution in [3.63, 3.8) is 0 Å². The molecule has 2 amide bonds. The van der Waals surface area contributed by atoms with Crippen LogP contribution in [0.25, 0.3) is 0 Å². The number of amides is 2. The van der Waals surface area contributed by atoms with E-state index in [0.717, 1.165) is 0 Å². The molecule has 0 aromatic heterocycles. The number of nitrogens with one attached hydrogen (secondary N) is 2. The fourth-order valence-corrected chi connectivity index (χ4v) is 2.93. The molecule has 0 aliphatic carbocycles. The summed E-state index contributed by atoms with van der Waals surface area (Å²) in [7, 11) is 0. The largest absolute Gasteiger partial charge is 0.481 e. The van der Waals surface area contributed by atoms with Gasteiger partial charge in [-0.2, -0.15) is 0 Å². The van der Waals surface area contributed by atoms with Gasteiger partial charge in [0.25, 0.3) is 0 Å². The summed E-state index contributed by atoms with van der Waals surface area (Å²) in [5, 5.41) is 14.8. The minimum atomic E-state index is -0.891. The Morgan fingerprint density at radius 3 is 1.85 bits per heavy atom. The van der Waals surface area contributed by atoms with Crippen LogP contribution in [0.1, 0.15) is 75.2 Å². The third kappa shape index (κ3) is 10.8. The number of hydrogen-bond donors (Lipinski definition) is 3. The molecule has 0 aromatic carbocycles. The number of hydrogen-bond acceptors (Lipinski definition) is 4. The first-order chi connectivity index (χ1) is 12.0. The molecule has 3 N–H and O–H groups in total. The zero-order valence-corrected chi connectivity index (χ0v) is 18.3. The second-order valence-corrected chi connectivity index (χ2v) is 9.68. The molecule has 7 nitrogen and oxygen atoms in total. The standard InChI is InChI=1S/C20H38N2O5/c1-12(2)10-15(14(11-16(23)24)19(4,5)6)22-17(25)13(3)21-18(26)27-20(7,8)9/h12-15H,10-11H2,1-9H3,(H,21,26)(H,22,25)(H,23,24)/t13-,14+,15+/m1/s1. The van der Waals surface area contributed by atoms with Gasteiger partial charge in [-0.15, -0.1) is 0 Å². The van der Waals surface area contributed by atoms with E-state index in [9.17, 15) is 19.5 Å². The monoisotopic (exact) mass is 386 g/mol. The van der Waals surface area contributed by atoms with Crippen LogP contribution in [-0.4, -0.2) is 40.8 Å². The van der Waals surface area contributed by atoms with E-state index in [1.165, 1.54) is 0 Å². The lowest BCUT2D eigenvalue weighted by atomic mass is 9.72. The van der Waals surface area contributed by atoms with E-state index in [1.54, 1.807) is 27.7 Å². The van der Waals surface area contributed by atoms with E-state index in [4.69, 9.17) is 4.74 Å².